The Morgan fingerprint density at radius 1 is 1.35 bits per heavy atom. The fraction of sp³-hybridized carbons (Fsp3) is 0.467. The van der Waals surface area contributed by atoms with E-state index < -0.39 is 0 Å². The fourth-order valence-electron chi connectivity index (χ4n) is 1.89. The highest BCUT2D eigenvalue weighted by atomic mass is 35.5. The molecule has 2 heteroatoms. The van der Waals surface area contributed by atoms with E-state index in [0.29, 0.717) is 6.04 Å². The van der Waals surface area contributed by atoms with Gasteiger partial charge in [0.1, 0.15) is 0 Å². The molecule has 1 nitrogen and oxygen atoms in total. The molecule has 1 aromatic rings. The lowest BCUT2D eigenvalue weighted by atomic mass is 10.00. The second-order valence-electron chi connectivity index (χ2n) is 4.58. The quantitative estimate of drug-likeness (QED) is 0.716. The number of rotatable bonds is 7. The van der Waals surface area contributed by atoms with Crippen molar-refractivity contribution in [2.75, 3.05) is 6.54 Å². The maximum atomic E-state index is 5.88. The van der Waals surface area contributed by atoms with Crippen molar-refractivity contribution in [3.05, 3.63) is 47.0 Å². The topological polar surface area (TPSA) is 12.0 Å². The van der Waals surface area contributed by atoms with Gasteiger partial charge in [-0.15, -0.1) is 6.58 Å². The maximum Gasteiger partial charge on any atom is 0.0406 e. The zero-order chi connectivity index (χ0) is 12.7. The monoisotopic (exact) mass is 251 g/mol. The Kier molecular flexibility index (Phi) is 6.31. The molecule has 0 aliphatic carbocycles. The molecule has 0 aliphatic rings. The predicted molar refractivity (Wildman–Crippen MR) is 76.7 cm³/mol. The van der Waals surface area contributed by atoms with Gasteiger partial charge in [-0.05, 0) is 50.4 Å². The minimum absolute atomic E-state index is 0.526. The van der Waals surface area contributed by atoms with E-state index >= 15 is 0 Å². The van der Waals surface area contributed by atoms with Crippen LogP contribution in [0.25, 0.3) is 0 Å². The molecular formula is C15H22ClN. The second kappa shape index (κ2) is 7.52. The Balaban J connectivity index is 2.53. The molecule has 0 amide bonds. The lowest BCUT2D eigenvalue weighted by Gasteiger charge is -2.18. The normalized spacial score (nSPS) is 12.4. The van der Waals surface area contributed by atoms with Gasteiger partial charge in [0.25, 0.3) is 0 Å². The predicted octanol–water partition coefficient (Wildman–Crippen LogP) is 4.22. The second-order valence-corrected chi connectivity index (χ2v) is 5.02. The number of nitrogens with one attached hydrogen (secondary N) is 1. The lowest BCUT2D eigenvalue weighted by Crippen LogP contribution is -2.30. The Morgan fingerprint density at radius 2 is 2.00 bits per heavy atom. The molecule has 1 aromatic carbocycles. The molecule has 1 N–H and O–H groups in total. The summed E-state index contributed by atoms with van der Waals surface area (Å²) >= 11 is 5.88. The van der Waals surface area contributed by atoms with Crippen molar-refractivity contribution >= 4 is 11.6 Å². The third-order valence-corrected chi connectivity index (χ3v) is 3.06. The van der Waals surface area contributed by atoms with Gasteiger partial charge in [0, 0.05) is 11.1 Å². The third kappa shape index (κ3) is 5.90. The minimum atomic E-state index is 0.526. The van der Waals surface area contributed by atoms with Gasteiger partial charge in [-0.1, -0.05) is 36.2 Å². The highest BCUT2D eigenvalue weighted by molar-refractivity contribution is 6.30. The van der Waals surface area contributed by atoms with Crippen molar-refractivity contribution in [3.63, 3.8) is 0 Å². The smallest absolute Gasteiger partial charge is 0.0406 e. The van der Waals surface area contributed by atoms with Crippen LogP contribution in [0.3, 0.4) is 0 Å². The number of halogens is 1. The largest absolute Gasteiger partial charge is 0.314 e. The summed E-state index contributed by atoms with van der Waals surface area (Å²) in [5.74, 6) is 0. The average molecular weight is 252 g/mol. The van der Waals surface area contributed by atoms with Crippen molar-refractivity contribution in [3.8, 4) is 0 Å². The molecular weight excluding hydrogens is 230 g/mol. The summed E-state index contributed by atoms with van der Waals surface area (Å²) in [7, 11) is 0. The SMILES string of the molecule is C=C(C)CCC(Cc1ccc(Cl)cc1)NCC. The zero-order valence-corrected chi connectivity index (χ0v) is 11.6. The van der Waals surface area contributed by atoms with Crippen molar-refractivity contribution in [1.29, 1.82) is 0 Å². The van der Waals surface area contributed by atoms with Crippen LogP contribution in [-0.2, 0) is 6.42 Å². The summed E-state index contributed by atoms with van der Waals surface area (Å²) in [5.41, 5.74) is 2.59. The van der Waals surface area contributed by atoms with E-state index in [-0.39, 0.29) is 0 Å². The van der Waals surface area contributed by atoms with Crippen LogP contribution >= 0.6 is 11.6 Å². The summed E-state index contributed by atoms with van der Waals surface area (Å²) in [6, 6.07) is 8.65. The van der Waals surface area contributed by atoms with Crippen molar-refractivity contribution in [2.45, 2.75) is 39.2 Å². The molecule has 1 rings (SSSR count). The molecule has 0 saturated carbocycles. The Hall–Kier alpha value is -0.790. The molecule has 0 aliphatic heterocycles. The standard InChI is InChI=1S/C15H22ClN/c1-4-17-15(10-5-12(2)3)11-13-6-8-14(16)9-7-13/h6-9,15,17H,2,4-5,10-11H2,1,3H3. The summed E-state index contributed by atoms with van der Waals surface area (Å²) in [5, 5.41) is 4.33. The highest BCUT2D eigenvalue weighted by Crippen LogP contribution is 2.14. The van der Waals surface area contributed by atoms with E-state index in [1.165, 1.54) is 11.1 Å². The van der Waals surface area contributed by atoms with Crippen LogP contribution in [0, 0.1) is 0 Å². The molecule has 0 spiro atoms. The van der Waals surface area contributed by atoms with E-state index in [4.69, 9.17) is 11.6 Å². The van der Waals surface area contributed by atoms with Gasteiger partial charge in [0.05, 0.1) is 0 Å². The van der Waals surface area contributed by atoms with E-state index in [9.17, 15) is 0 Å². The first-order chi connectivity index (χ1) is 8.11. The fourth-order valence-corrected chi connectivity index (χ4v) is 2.02. The lowest BCUT2D eigenvalue weighted by molar-refractivity contribution is 0.490. The van der Waals surface area contributed by atoms with E-state index in [2.05, 4.69) is 37.9 Å². The molecule has 0 radical (unpaired) electrons. The molecule has 17 heavy (non-hydrogen) atoms. The number of hydrogen-bond acceptors (Lipinski definition) is 1. The third-order valence-electron chi connectivity index (χ3n) is 2.81. The van der Waals surface area contributed by atoms with Gasteiger partial charge in [-0.25, -0.2) is 0 Å². The molecule has 1 unspecified atom stereocenters. The first-order valence-electron chi connectivity index (χ1n) is 6.24. The first-order valence-corrected chi connectivity index (χ1v) is 6.61. The van der Waals surface area contributed by atoms with E-state index in [1.807, 2.05) is 12.1 Å². The van der Waals surface area contributed by atoms with Crippen LogP contribution in [0.15, 0.2) is 36.4 Å². The molecule has 0 aromatic heterocycles. The van der Waals surface area contributed by atoms with Crippen molar-refractivity contribution in [1.82, 2.24) is 5.32 Å². The minimum Gasteiger partial charge on any atom is -0.314 e. The van der Waals surface area contributed by atoms with Crippen LogP contribution < -0.4 is 5.32 Å². The van der Waals surface area contributed by atoms with Gasteiger partial charge >= 0.3 is 0 Å². The van der Waals surface area contributed by atoms with E-state index in [0.717, 1.165) is 30.8 Å². The molecule has 1 atom stereocenters. The van der Waals surface area contributed by atoms with Gasteiger partial charge < -0.3 is 5.32 Å². The first kappa shape index (κ1) is 14.3. The van der Waals surface area contributed by atoms with Crippen LogP contribution in [-0.4, -0.2) is 12.6 Å². The summed E-state index contributed by atoms with van der Waals surface area (Å²) in [4.78, 5) is 0. The highest BCUT2D eigenvalue weighted by Gasteiger charge is 2.08. The molecule has 0 saturated heterocycles. The Morgan fingerprint density at radius 3 is 2.53 bits per heavy atom. The zero-order valence-electron chi connectivity index (χ0n) is 10.8. The number of benzene rings is 1. The van der Waals surface area contributed by atoms with Crippen LogP contribution in [0.4, 0.5) is 0 Å². The van der Waals surface area contributed by atoms with Crippen LogP contribution in [0.2, 0.25) is 5.02 Å². The molecule has 0 fully saturated rings. The van der Waals surface area contributed by atoms with Crippen LogP contribution in [0.1, 0.15) is 32.3 Å². The van der Waals surface area contributed by atoms with Gasteiger partial charge in [-0.2, -0.15) is 0 Å². The number of hydrogen-bond donors (Lipinski definition) is 1. The molecule has 0 bridgehead atoms. The Bertz CT molecular complexity index is 342. The average Bonchev–Trinajstić information content (AvgIpc) is 2.29. The Labute approximate surface area is 110 Å². The number of likely N-dealkylation sites (N-methyl/N-ethyl adjacent to an activating group) is 1. The molecule has 0 heterocycles. The summed E-state index contributed by atoms with van der Waals surface area (Å²) in [6.45, 7) is 9.21. The van der Waals surface area contributed by atoms with Crippen molar-refractivity contribution in [2.24, 2.45) is 0 Å². The van der Waals surface area contributed by atoms with Crippen LogP contribution in [0.5, 0.6) is 0 Å². The summed E-state index contributed by atoms with van der Waals surface area (Å²) < 4.78 is 0. The van der Waals surface area contributed by atoms with Crippen molar-refractivity contribution < 1.29 is 0 Å². The van der Waals surface area contributed by atoms with Gasteiger partial charge in [0.2, 0.25) is 0 Å². The van der Waals surface area contributed by atoms with Gasteiger partial charge in [-0.3, -0.25) is 0 Å². The molecule has 94 valence electrons. The maximum absolute atomic E-state index is 5.88. The van der Waals surface area contributed by atoms with E-state index in [1.54, 1.807) is 0 Å². The summed E-state index contributed by atoms with van der Waals surface area (Å²) in [6.07, 6.45) is 3.29. The van der Waals surface area contributed by atoms with Gasteiger partial charge in [0.15, 0.2) is 0 Å². The number of allylic oxidation sites excluding steroid dienone is 1.